The molecule has 0 saturated carbocycles. The number of hydrazine groups is 1. The minimum Gasteiger partial charge on any atom is -0.494 e. The van der Waals surface area contributed by atoms with E-state index in [1.807, 2.05) is 31.2 Å². The van der Waals surface area contributed by atoms with Gasteiger partial charge in [-0.15, -0.1) is 0 Å². The Labute approximate surface area is 128 Å². The Kier molecular flexibility index (Phi) is 5.59. The number of hydrogen-bond donors (Lipinski definition) is 2. The predicted octanol–water partition coefficient (Wildman–Crippen LogP) is 2.07. The fourth-order valence-corrected chi connectivity index (χ4v) is 1.91. The van der Waals surface area contributed by atoms with Crippen LogP contribution in [0, 0.1) is 0 Å². The van der Waals surface area contributed by atoms with Gasteiger partial charge < -0.3 is 9.15 Å². The molecule has 6 heteroatoms. The summed E-state index contributed by atoms with van der Waals surface area (Å²) in [7, 11) is 0. The highest BCUT2D eigenvalue weighted by molar-refractivity contribution is 5.92. The number of furan rings is 1. The average molecular weight is 302 g/mol. The topological polar surface area (TPSA) is 80.6 Å². The van der Waals surface area contributed by atoms with Crippen LogP contribution in [0.5, 0.6) is 5.75 Å². The second-order valence-corrected chi connectivity index (χ2v) is 4.52. The first-order valence-electron chi connectivity index (χ1n) is 7.04. The molecular formula is C16H18N2O4. The van der Waals surface area contributed by atoms with E-state index in [-0.39, 0.29) is 18.1 Å². The number of rotatable bonds is 6. The van der Waals surface area contributed by atoms with Gasteiger partial charge in [0, 0.05) is 6.42 Å². The summed E-state index contributed by atoms with van der Waals surface area (Å²) in [6.45, 7) is 2.48. The molecule has 0 radical (unpaired) electrons. The first-order chi connectivity index (χ1) is 10.7. The average Bonchev–Trinajstić information content (AvgIpc) is 3.06. The predicted molar refractivity (Wildman–Crippen MR) is 80.2 cm³/mol. The zero-order valence-electron chi connectivity index (χ0n) is 12.3. The molecule has 2 N–H and O–H groups in total. The standard InChI is InChI=1S/C16H18N2O4/c1-2-21-13-7-4-3-6-12(13)9-10-15(19)17-18-16(20)14-8-5-11-22-14/h3-8,11H,2,9-10H2,1H3,(H,17,19)(H,18,20). The third-order valence-electron chi connectivity index (χ3n) is 2.95. The molecule has 0 aliphatic carbocycles. The molecule has 0 unspecified atom stereocenters. The molecule has 0 bridgehead atoms. The van der Waals surface area contributed by atoms with Crippen molar-refractivity contribution in [2.45, 2.75) is 19.8 Å². The van der Waals surface area contributed by atoms with E-state index in [1.54, 1.807) is 6.07 Å². The van der Waals surface area contributed by atoms with Crippen molar-refractivity contribution in [3.8, 4) is 5.75 Å². The van der Waals surface area contributed by atoms with Crippen molar-refractivity contribution < 1.29 is 18.7 Å². The normalized spacial score (nSPS) is 10.0. The molecule has 116 valence electrons. The smallest absolute Gasteiger partial charge is 0.305 e. The zero-order chi connectivity index (χ0) is 15.8. The van der Waals surface area contributed by atoms with Crippen molar-refractivity contribution in [1.29, 1.82) is 0 Å². The Balaban J connectivity index is 1.79. The van der Waals surface area contributed by atoms with Crippen molar-refractivity contribution in [3.63, 3.8) is 0 Å². The van der Waals surface area contributed by atoms with Crippen LogP contribution in [0.1, 0.15) is 29.5 Å². The Bertz CT molecular complexity index is 623. The highest BCUT2D eigenvalue weighted by Crippen LogP contribution is 2.19. The fourth-order valence-electron chi connectivity index (χ4n) is 1.91. The number of carbonyl (C=O) groups excluding carboxylic acids is 2. The third-order valence-corrected chi connectivity index (χ3v) is 2.95. The first kappa shape index (κ1) is 15.6. The third kappa shape index (κ3) is 4.37. The lowest BCUT2D eigenvalue weighted by molar-refractivity contribution is -0.121. The van der Waals surface area contributed by atoms with Crippen LogP contribution in [-0.2, 0) is 11.2 Å². The van der Waals surface area contributed by atoms with E-state index in [1.165, 1.54) is 12.3 Å². The van der Waals surface area contributed by atoms with E-state index in [0.717, 1.165) is 11.3 Å². The Hall–Kier alpha value is -2.76. The number of nitrogens with one attached hydrogen (secondary N) is 2. The molecule has 1 heterocycles. The number of carbonyl (C=O) groups is 2. The molecule has 0 aliphatic heterocycles. The van der Waals surface area contributed by atoms with Gasteiger partial charge in [-0.25, -0.2) is 0 Å². The van der Waals surface area contributed by atoms with Crippen LogP contribution in [-0.4, -0.2) is 18.4 Å². The molecule has 2 amide bonds. The van der Waals surface area contributed by atoms with E-state index in [4.69, 9.17) is 9.15 Å². The number of ether oxygens (including phenoxy) is 1. The maximum atomic E-state index is 11.8. The van der Waals surface area contributed by atoms with Crippen molar-refractivity contribution in [1.82, 2.24) is 10.9 Å². The minimum absolute atomic E-state index is 0.141. The molecule has 1 aromatic carbocycles. The number of benzene rings is 1. The number of para-hydroxylation sites is 1. The molecular weight excluding hydrogens is 284 g/mol. The molecule has 22 heavy (non-hydrogen) atoms. The second kappa shape index (κ2) is 7.87. The number of aryl methyl sites for hydroxylation is 1. The maximum Gasteiger partial charge on any atom is 0.305 e. The maximum absolute atomic E-state index is 11.8. The molecule has 2 aromatic rings. The van der Waals surface area contributed by atoms with Gasteiger partial charge in [0.2, 0.25) is 5.91 Å². The largest absolute Gasteiger partial charge is 0.494 e. The molecule has 6 nitrogen and oxygen atoms in total. The molecule has 0 fully saturated rings. The van der Waals surface area contributed by atoms with Crippen LogP contribution in [0.2, 0.25) is 0 Å². The van der Waals surface area contributed by atoms with Gasteiger partial charge in [-0.2, -0.15) is 0 Å². The van der Waals surface area contributed by atoms with E-state index < -0.39 is 5.91 Å². The highest BCUT2D eigenvalue weighted by Gasteiger charge is 2.10. The molecule has 0 saturated heterocycles. The minimum atomic E-state index is -0.493. The molecule has 2 rings (SSSR count). The lowest BCUT2D eigenvalue weighted by atomic mass is 10.1. The quantitative estimate of drug-likeness (QED) is 0.801. The lowest BCUT2D eigenvalue weighted by Crippen LogP contribution is -2.41. The SMILES string of the molecule is CCOc1ccccc1CCC(=O)NNC(=O)c1ccco1. The lowest BCUT2D eigenvalue weighted by Gasteiger charge is -2.10. The molecule has 0 aliphatic rings. The molecule has 0 spiro atoms. The Morgan fingerprint density at radius 1 is 1.14 bits per heavy atom. The van der Waals surface area contributed by atoms with E-state index in [2.05, 4.69) is 10.9 Å². The van der Waals surface area contributed by atoms with Gasteiger partial charge in [0.05, 0.1) is 12.9 Å². The van der Waals surface area contributed by atoms with Crippen molar-refractivity contribution in [2.75, 3.05) is 6.61 Å². The van der Waals surface area contributed by atoms with Crippen molar-refractivity contribution >= 4 is 11.8 Å². The van der Waals surface area contributed by atoms with Crippen molar-refractivity contribution in [3.05, 3.63) is 54.0 Å². The summed E-state index contributed by atoms with van der Waals surface area (Å²) in [6, 6.07) is 10.7. The summed E-state index contributed by atoms with van der Waals surface area (Å²) < 4.78 is 10.4. The highest BCUT2D eigenvalue weighted by atomic mass is 16.5. The summed E-state index contributed by atoms with van der Waals surface area (Å²) in [6.07, 6.45) is 2.16. The summed E-state index contributed by atoms with van der Waals surface area (Å²) in [5.41, 5.74) is 5.61. The van der Waals surface area contributed by atoms with E-state index >= 15 is 0 Å². The van der Waals surface area contributed by atoms with Gasteiger partial charge in [0.1, 0.15) is 5.75 Å². The summed E-state index contributed by atoms with van der Waals surface area (Å²) in [5.74, 6) is 0.138. The first-order valence-corrected chi connectivity index (χ1v) is 7.04. The Morgan fingerprint density at radius 2 is 1.95 bits per heavy atom. The molecule has 0 atom stereocenters. The van der Waals surface area contributed by atoms with Crippen molar-refractivity contribution in [2.24, 2.45) is 0 Å². The van der Waals surface area contributed by atoms with Crippen LogP contribution in [0.4, 0.5) is 0 Å². The van der Waals surface area contributed by atoms with E-state index in [9.17, 15) is 9.59 Å². The zero-order valence-corrected chi connectivity index (χ0v) is 12.3. The summed E-state index contributed by atoms with van der Waals surface area (Å²) in [5, 5.41) is 0. The summed E-state index contributed by atoms with van der Waals surface area (Å²) >= 11 is 0. The van der Waals surface area contributed by atoms with Crippen LogP contribution in [0.15, 0.2) is 47.1 Å². The van der Waals surface area contributed by atoms with Gasteiger partial charge in [0.15, 0.2) is 5.76 Å². The van der Waals surface area contributed by atoms with Gasteiger partial charge in [-0.05, 0) is 37.1 Å². The van der Waals surface area contributed by atoms with Crippen LogP contribution in [0.25, 0.3) is 0 Å². The van der Waals surface area contributed by atoms with E-state index in [0.29, 0.717) is 13.0 Å². The van der Waals surface area contributed by atoms with Gasteiger partial charge >= 0.3 is 5.91 Å². The summed E-state index contributed by atoms with van der Waals surface area (Å²) in [4.78, 5) is 23.3. The second-order valence-electron chi connectivity index (χ2n) is 4.52. The van der Waals surface area contributed by atoms with Gasteiger partial charge in [-0.1, -0.05) is 18.2 Å². The fraction of sp³-hybridized carbons (Fsp3) is 0.250. The van der Waals surface area contributed by atoms with Crippen LogP contribution in [0.3, 0.4) is 0 Å². The molecule has 1 aromatic heterocycles. The van der Waals surface area contributed by atoms with Crippen LogP contribution >= 0.6 is 0 Å². The van der Waals surface area contributed by atoms with Gasteiger partial charge in [-0.3, -0.25) is 20.4 Å². The Morgan fingerprint density at radius 3 is 2.68 bits per heavy atom. The monoisotopic (exact) mass is 302 g/mol. The van der Waals surface area contributed by atoms with Gasteiger partial charge in [0.25, 0.3) is 0 Å². The van der Waals surface area contributed by atoms with Crippen LogP contribution < -0.4 is 15.6 Å². The number of hydrogen-bond acceptors (Lipinski definition) is 4. The number of amides is 2.